The second-order valence-electron chi connectivity index (χ2n) is 5.25. The van der Waals surface area contributed by atoms with E-state index in [1.807, 2.05) is 7.05 Å². The number of aryl methyl sites for hydroxylation is 1. The van der Waals surface area contributed by atoms with E-state index in [1.165, 1.54) is 4.88 Å². The fraction of sp³-hybridized carbons (Fsp3) is 0.600. The van der Waals surface area contributed by atoms with E-state index in [0.29, 0.717) is 17.9 Å². The summed E-state index contributed by atoms with van der Waals surface area (Å²) in [6.45, 7) is 8.87. The molecule has 4 nitrogen and oxygen atoms in total. The molecule has 0 bridgehead atoms. The molecule has 2 aromatic heterocycles. The van der Waals surface area contributed by atoms with E-state index in [-0.39, 0.29) is 0 Å². The minimum absolute atomic E-state index is 0.396. The van der Waals surface area contributed by atoms with Gasteiger partial charge in [0.25, 0.3) is 0 Å². The van der Waals surface area contributed by atoms with Gasteiger partial charge in [0, 0.05) is 18.0 Å². The molecule has 0 saturated heterocycles. The second kappa shape index (κ2) is 6.39. The molecule has 110 valence electrons. The highest BCUT2D eigenvalue weighted by molar-refractivity contribution is 7.18. The van der Waals surface area contributed by atoms with Crippen LogP contribution in [0.1, 0.15) is 39.0 Å². The molecule has 0 aliphatic rings. The molecule has 0 aliphatic carbocycles. The van der Waals surface area contributed by atoms with Crippen molar-refractivity contribution in [3.8, 4) is 0 Å². The fourth-order valence-corrected chi connectivity index (χ4v) is 3.05. The third-order valence-corrected chi connectivity index (χ3v) is 5.05. The topological polar surface area (TPSA) is 49.8 Å². The van der Waals surface area contributed by atoms with Crippen molar-refractivity contribution in [2.45, 2.75) is 46.6 Å². The number of hydrogen-bond acceptors (Lipinski definition) is 5. The SMILES string of the molecule is CCc1cc2c(NC(C)C(C)CC)nc(NC)nc2s1. The van der Waals surface area contributed by atoms with Gasteiger partial charge in [-0.05, 0) is 25.3 Å². The highest BCUT2D eigenvalue weighted by Crippen LogP contribution is 2.31. The molecule has 20 heavy (non-hydrogen) atoms. The highest BCUT2D eigenvalue weighted by atomic mass is 32.1. The van der Waals surface area contributed by atoms with E-state index >= 15 is 0 Å². The first-order valence-corrected chi connectivity index (χ1v) is 8.15. The lowest BCUT2D eigenvalue weighted by atomic mass is 10.0. The normalized spacial score (nSPS) is 14.2. The maximum Gasteiger partial charge on any atom is 0.225 e. The summed E-state index contributed by atoms with van der Waals surface area (Å²) in [6, 6.07) is 2.61. The van der Waals surface area contributed by atoms with Crippen LogP contribution in [0.4, 0.5) is 11.8 Å². The number of nitrogens with zero attached hydrogens (tertiary/aromatic N) is 2. The number of thiophene rings is 1. The number of fused-ring (bicyclic) bond motifs is 1. The van der Waals surface area contributed by atoms with Crippen molar-refractivity contribution in [2.75, 3.05) is 17.7 Å². The van der Waals surface area contributed by atoms with Crippen molar-refractivity contribution in [3.63, 3.8) is 0 Å². The predicted molar refractivity (Wildman–Crippen MR) is 88.9 cm³/mol. The minimum Gasteiger partial charge on any atom is -0.367 e. The van der Waals surface area contributed by atoms with Gasteiger partial charge in [0.2, 0.25) is 5.95 Å². The van der Waals surface area contributed by atoms with Gasteiger partial charge in [-0.3, -0.25) is 0 Å². The summed E-state index contributed by atoms with van der Waals surface area (Å²) in [7, 11) is 1.86. The van der Waals surface area contributed by atoms with Crippen molar-refractivity contribution >= 4 is 33.3 Å². The van der Waals surface area contributed by atoms with Crippen LogP contribution in [0.25, 0.3) is 10.2 Å². The van der Waals surface area contributed by atoms with Gasteiger partial charge in [0.05, 0.1) is 5.39 Å². The number of hydrogen-bond donors (Lipinski definition) is 2. The predicted octanol–water partition coefficient (Wildman–Crippen LogP) is 4.14. The van der Waals surface area contributed by atoms with Gasteiger partial charge in [-0.2, -0.15) is 4.98 Å². The minimum atomic E-state index is 0.396. The monoisotopic (exact) mass is 292 g/mol. The van der Waals surface area contributed by atoms with E-state index in [1.54, 1.807) is 11.3 Å². The summed E-state index contributed by atoms with van der Waals surface area (Å²) in [5.74, 6) is 2.24. The molecule has 0 spiro atoms. The summed E-state index contributed by atoms with van der Waals surface area (Å²) in [5, 5.41) is 7.75. The number of rotatable bonds is 6. The zero-order chi connectivity index (χ0) is 14.7. The number of nitrogens with one attached hydrogen (secondary N) is 2. The maximum atomic E-state index is 4.60. The van der Waals surface area contributed by atoms with Crippen LogP contribution >= 0.6 is 11.3 Å². The zero-order valence-electron chi connectivity index (χ0n) is 12.9. The third-order valence-electron chi connectivity index (χ3n) is 3.88. The molecule has 5 heteroatoms. The van der Waals surface area contributed by atoms with Gasteiger partial charge in [-0.25, -0.2) is 4.98 Å². The Morgan fingerprint density at radius 2 is 2.00 bits per heavy atom. The molecule has 0 saturated carbocycles. The Labute approximate surface area is 125 Å². The fourth-order valence-electron chi connectivity index (χ4n) is 2.08. The summed E-state index contributed by atoms with van der Waals surface area (Å²) >= 11 is 1.75. The Kier molecular flexibility index (Phi) is 4.81. The Morgan fingerprint density at radius 3 is 2.60 bits per heavy atom. The molecule has 2 rings (SSSR count). The largest absolute Gasteiger partial charge is 0.367 e. The second-order valence-corrected chi connectivity index (χ2v) is 6.36. The van der Waals surface area contributed by atoms with Gasteiger partial charge in [0.1, 0.15) is 10.6 Å². The van der Waals surface area contributed by atoms with Crippen LogP contribution in [0.5, 0.6) is 0 Å². The smallest absolute Gasteiger partial charge is 0.225 e. The summed E-state index contributed by atoms with van der Waals surface area (Å²) in [5.41, 5.74) is 0. The lowest BCUT2D eigenvalue weighted by Gasteiger charge is -2.21. The van der Waals surface area contributed by atoms with Crippen LogP contribution in [0.2, 0.25) is 0 Å². The van der Waals surface area contributed by atoms with Crippen LogP contribution in [-0.4, -0.2) is 23.1 Å². The Bertz CT molecular complexity index is 579. The van der Waals surface area contributed by atoms with E-state index in [9.17, 15) is 0 Å². The zero-order valence-corrected chi connectivity index (χ0v) is 13.8. The molecule has 2 aromatic rings. The maximum absolute atomic E-state index is 4.60. The van der Waals surface area contributed by atoms with Crippen molar-refractivity contribution in [3.05, 3.63) is 10.9 Å². The molecule has 0 fully saturated rings. The van der Waals surface area contributed by atoms with Gasteiger partial charge in [0.15, 0.2) is 0 Å². The van der Waals surface area contributed by atoms with Crippen LogP contribution in [0, 0.1) is 5.92 Å². The van der Waals surface area contributed by atoms with Crippen LogP contribution in [0.15, 0.2) is 6.07 Å². The van der Waals surface area contributed by atoms with E-state index in [4.69, 9.17) is 0 Å². The molecule has 0 amide bonds. The van der Waals surface area contributed by atoms with Gasteiger partial charge >= 0.3 is 0 Å². The summed E-state index contributed by atoms with van der Waals surface area (Å²) in [6.07, 6.45) is 2.20. The molecule has 0 radical (unpaired) electrons. The van der Waals surface area contributed by atoms with Crippen molar-refractivity contribution in [1.29, 1.82) is 0 Å². The van der Waals surface area contributed by atoms with Gasteiger partial charge in [-0.15, -0.1) is 11.3 Å². The van der Waals surface area contributed by atoms with E-state index < -0.39 is 0 Å². The Balaban J connectivity index is 2.41. The molecule has 2 heterocycles. The number of aromatic nitrogens is 2. The lowest BCUT2D eigenvalue weighted by molar-refractivity contribution is 0.494. The van der Waals surface area contributed by atoms with Crippen LogP contribution in [0.3, 0.4) is 0 Å². The van der Waals surface area contributed by atoms with Crippen LogP contribution in [-0.2, 0) is 6.42 Å². The van der Waals surface area contributed by atoms with Crippen molar-refractivity contribution < 1.29 is 0 Å². The van der Waals surface area contributed by atoms with Crippen LogP contribution < -0.4 is 10.6 Å². The Morgan fingerprint density at radius 1 is 1.25 bits per heavy atom. The standard InChI is InChI=1S/C15H24N4S/c1-6-9(3)10(4)17-13-12-8-11(7-2)20-14(12)19-15(16-5)18-13/h8-10H,6-7H2,1-5H3,(H2,16,17,18,19). The third kappa shape index (κ3) is 3.03. The quantitative estimate of drug-likeness (QED) is 0.840. The lowest BCUT2D eigenvalue weighted by Crippen LogP contribution is -2.24. The Hall–Kier alpha value is -1.36. The molecular formula is C15H24N4S. The van der Waals surface area contributed by atoms with E-state index in [0.717, 1.165) is 28.9 Å². The number of anilines is 2. The van der Waals surface area contributed by atoms with E-state index in [2.05, 4.69) is 54.4 Å². The summed E-state index contributed by atoms with van der Waals surface area (Å²) < 4.78 is 0. The molecule has 2 atom stereocenters. The highest BCUT2D eigenvalue weighted by Gasteiger charge is 2.15. The van der Waals surface area contributed by atoms with Gasteiger partial charge in [-0.1, -0.05) is 27.2 Å². The first-order valence-electron chi connectivity index (χ1n) is 7.33. The molecular weight excluding hydrogens is 268 g/mol. The molecule has 0 aromatic carbocycles. The molecule has 2 N–H and O–H groups in total. The average molecular weight is 292 g/mol. The van der Waals surface area contributed by atoms with Gasteiger partial charge < -0.3 is 10.6 Å². The summed E-state index contributed by atoms with van der Waals surface area (Å²) in [4.78, 5) is 11.6. The first kappa shape index (κ1) is 15.0. The van der Waals surface area contributed by atoms with Crippen molar-refractivity contribution in [1.82, 2.24) is 9.97 Å². The molecule has 2 unspecified atom stereocenters. The first-order chi connectivity index (χ1) is 9.58. The average Bonchev–Trinajstić information content (AvgIpc) is 2.89. The molecule has 0 aliphatic heterocycles. The van der Waals surface area contributed by atoms with Crippen molar-refractivity contribution in [2.24, 2.45) is 5.92 Å².